The SMILES string of the molecule is CC(=O)OC1CC2C(C)C(=O)C3(C(O)CC4C(C)(C)CCCC4(CO)C13)C2O. The first-order chi connectivity index (χ1) is 13.0. The molecule has 4 rings (SSSR count). The van der Waals surface area contributed by atoms with E-state index >= 15 is 0 Å². The van der Waals surface area contributed by atoms with Crippen LogP contribution in [0, 0.1) is 39.9 Å². The van der Waals surface area contributed by atoms with Crippen molar-refractivity contribution >= 4 is 11.8 Å². The number of aliphatic hydroxyl groups excluding tert-OH is 3. The fourth-order valence-corrected chi connectivity index (χ4v) is 8.12. The molecule has 9 atom stereocenters. The van der Waals surface area contributed by atoms with Crippen molar-refractivity contribution in [1.82, 2.24) is 0 Å². The lowest BCUT2D eigenvalue weighted by Gasteiger charge is -2.66. The average Bonchev–Trinajstić information content (AvgIpc) is 2.73. The van der Waals surface area contributed by atoms with Gasteiger partial charge >= 0.3 is 5.97 Å². The number of carbonyl (C=O) groups excluding carboxylic acids is 2. The quantitative estimate of drug-likeness (QED) is 0.616. The lowest BCUT2D eigenvalue weighted by atomic mass is 9.39. The van der Waals surface area contributed by atoms with Gasteiger partial charge in [-0.15, -0.1) is 0 Å². The zero-order chi connectivity index (χ0) is 20.6. The number of hydrogen-bond acceptors (Lipinski definition) is 6. The summed E-state index contributed by atoms with van der Waals surface area (Å²) in [5.41, 5.74) is -2.11. The molecule has 4 fully saturated rings. The zero-order valence-corrected chi connectivity index (χ0v) is 17.4. The summed E-state index contributed by atoms with van der Waals surface area (Å²) >= 11 is 0. The number of aliphatic hydroxyl groups is 3. The third-order valence-corrected chi connectivity index (χ3v) is 9.11. The van der Waals surface area contributed by atoms with Crippen molar-refractivity contribution in [2.45, 2.75) is 78.1 Å². The van der Waals surface area contributed by atoms with Crippen molar-refractivity contribution in [3.05, 3.63) is 0 Å². The van der Waals surface area contributed by atoms with E-state index in [1.54, 1.807) is 0 Å². The molecular formula is C22H34O6. The van der Waals surface area contributed by atoms with Crippen molar-refractivity contribution < 1.29 is 29.6 Å². The summed E-state index contributed by atoms with van der Waals surface area (Å²) in [7, 11) is 0. The highest BCUT2D eigenvalue weighted by Crippen LogP contribution is 2.71. The molecule has 0 saturated heterocycles. The van der Waals surface area contributed by atoms with Crippen LogP contribution in [0.1, 0.15) is 59.8 Å². The Bertz CT molecular complexity index is 689. The maximum Gasteiger partial charge on any atom is 0.302 e. The van der Waals surface area contributed by atoms with Crippen molar-refractivity contribution in [3.8, 4) is 0 Å². The van der Waals surface area contributed by atoms with E-state index in [2.05, 4.69) is 13.8 Å². The lowest BCUT2D eigenvalue weighted by molar-refractivity contribution is -0.266. The van der Waals surface area contributed by atoms with Gasteiger partial charge in [0.05, 0.1) is 17.6 Å². The van der Waals surface area contributed by atoms with Gasteiger partial charge in [0.25, 0.3) is 0 Å². The molecule has 0 aromatic carbocycles. The van der Waals surface area contributed by atoms with Crippen LogP contribution < -0.4 is 0 Å². The van der Waals surface area contributed by atoms with E-state index in [1.807, 2.05) is 6.92 Å². The number of ketones is 1. The van der Waals surface area contributed by atoms with Crippen molar-refractivity contribution in [1.29, 1.82) is 0 Å². The Balaban J connectivity index is 1.94. The van der Waals surface area contributed by atoms with Gasteiger partial charge in [-0.25, -0.2) is 0 Å². The predicted octanol–water partition coefficient (Wildman–Crippen LogP) is 1.69. The van der Waals surface area contributed by atoms with Crippen LogP contribution in [0.5, 0.6) is 0 Å². The van der Waals surface area contributed by atoms with Gasteiger partial charge in [0.15, 0.2) is 0 Å². The van der Waals surface area contributed by atoms with E-state index in [0.29, 0.717) is 19.3 Å². The minimum absolute atomic E-state index is 0.00473. The van der Waals surface area contributed by atoms with Crippen LogP contribution in [-0.2, 0) is 14.3 Å². The second-order valence-electron chi connectivity index (χ2n) is 10.6. The highest BCUT2D eigenvalue weighted by molar-refractivity contribution is 5.92. The zero-order valence-electron chi connectivity index (χ0n) is 17.4. The highest BCUT2D eigenvalue weighted by atomic mass is 16.5. The Morgan fingerprint density at radius 3 is 2.50 bits per heavy atom. The summed E-state index contributed by atoms with van der Waals surface area (Å²) in [5.74, 6) is -1.83. The summed E-state index contributed by atoms with van der Waals surface area (Å²) < 4.78 is 5.75. The molecule has 158 valence electrons. The van der Waals surface area contributed by atoms with Gasteiger partial charge in [-0.3, -0.25) is 9.59 Å². The number of ether oxygens (including phenoxy) is 1. The van der Waals surface area contributed by atoms with Crippen LogP contribution in [0.25, 0.3) is 0 Å². The smallest absolute Gasteiger partial charge is 0.302 e. The van der Waals surface area contributed by atoms with Gasteiger partial charge in [0, 0.05) is 30.8 Å². The molecule has 3 N–H and O–H groups in total. The number of carbonyl (C=O) groups is 2. The molecule has 4 aliphatic rings. The molecule has 0 aromatic heterocycles. The van der Waals surface area contributed by atoms with Gasteiger partial charge in [-0.05, 0) is 42.9 Å². The Kier molecular flexibility index (Phi) is 4.54. The van der Waals surface area contributed by atoms with Gasteiger partial charge in [0.1, 0.15) is 11.9 Å². The normalized spacial score (nSPS) is 52.0. The topological polar surface area (TPSA) is 104 Å². The van der Waals surface area contributed by atoms with E-state index in [0.717, 1.165) is 12.8 Å². The molecule has 0 amide bonds. The molecule has 0 radical (unpaired) electrons. The molecule has 0 heterocycles. The van der Waals surface area contributed by atoms with Crippen LogP contribution in [0.2, 0.25) is 0 Å². The second-order valence-corrected chi connectivity index (χ2v) is 10.6. The van der Waals surface area contributed by atoms with E-state index < -0.39 is 46.9 Å². The Hall–Kier alpha value is -0.980. The first-order valence-electron chi connectivity index (χ1n) is 10.7. The van der Waals surface area contributed by atoms with Gasteiger partial charge in [-0.1, -0.05) is 27.2 Å². The van der Waals surface area contributed by atoms with E-state index in [4.69, 9.17) is 4.74 Å². The Morgan fingerprint density at radius 1 is 1.21 bits per heavy atom. The minimum atomic E-state index is -1.35. The molecule has 1 spiro atoms. The third kappa shape index (κ3) is 2.25. The molecule has 6 heteroatoms. The first kappa shape index (κ1) is 20.3. The summed E-state index contributed by atoms with van der Waals surface area (Å²) in [4.78, 5) is 25.5. The Morgan fingerprint density at radius 2 is 1.89 bits per heavy atom. The molecule has 6 nitrogen and oxygen atoms in total. The summed E-state index contributed by atoms with van der Waals surface area (Å²) in [6.07, 6.45) is 0.874. The number of esters is 1. The number of Topliss-reactive ketones (excluding diaryl/α,β-unsaturated/α-hetero) is 1. The van der Waals surface area contributed by atoms with E-state index in [1.165, 1.54) is 6.92 Å². The van der Waals surface area contributed by atoms with E-state index in [9.17, 15) is 24.9 Å². The van der Waals surface area contributed by atoms with Crippen LogP contribution >= 0.6 is 0 Å². The predicted molar refractivity (Wildman–Crippen MR) is 101 cm³/mol. The number of fused-ring (bicyclic) bond motifs is 3. The second kappa shape index (κ2) is 6.26. The summed E-state index contributed by atoms with van der Waals surface area (Å²) in [6, 6.07) is 0. The standard InChI is InChI=1S/C22H34O6/c1-11-13-8-14(28-12(2)24)17-21(10-23)7-5-6-20(3,4)15(21)9-16(25)22(17,18(11)26)19(13)27/h11,13-17,19,23,25,27H,5-10H2,1-4H3. The van der Waals surface area contributed by atoms with Crippen molar-refractivity contribution in [2.75, 3.05) is 6.61 Å². The van der Waals surface area contributed by atoms with Gasteiger partial charge in [0.2, 0.25) is 0 Å². The van der Waals surface area contributed by atoms with Gasteiger partial charge < -0.3 is 20.1 Å². The van der Waals surface area contributed by atoms with E-state index in [-0.39, 0.29) is 29.6 Å². The largest absolute Gasteiger partial charge is 0.462 e. The van der Waals surface area contributed by atoms with Crippen molar-refractivity contribution in [2.24, 2.45) is 39.9 Å². The lowest BCUT2D eigenvalue weighted by Crippen LogP contribution is -2.72. The molecule has 9 unspecified atom stereocenters. The monoisotopic (exact) mass is 394 g/mol. The molecule has 28 heavy (non-hydrogen) atoms. The molecule has 4 aliphatic carbocycles. The summed E-state index contributed by atoms with van der Waals surface area (Å²) in [5, 5.41) is 33.4. The number of rotatable bonds is 2. The van der Waals surface area contributed by atoms with Gasteiger partial charge in [-0.2, -0.15) is 0 Å². The fourth-order valence-electron chi connectivity index (χ4n) is 8.12. The van der Waals surface area contributed by atoms with Crippen LogP contribution in [0.3, 0.4) is 0 Å². The van der Waals surface area contributed by atoms with Crippen LogP contribution in [0.15, 0.2) is 0 Å². The number of hydrogen-bond donors (Lipinski definition) is 3. The van der Waals surface area contributed by atoms with Crippen LogP contribution in [-0.4, -0.2) is 52.0 Å². The molecule has 0 aliphatic heterocycles. The molecule has 2 bridgehead atoms. The van der Waals surface area contributed by atoms with Crippen molar-refractivity contribution in [3.63, 3.8) is 0 Å². The Labute approximate surface area is 166 Å². The third-order valence-electron chi connectivity index (χ3n) is 9.11. The maximum absolute atomic E-state index is 13.5. The maximum atomic E-state index is 13.5. The molecule has 4 saturated carbocycles. The first-order valence-corrected chi connectivity index (χ1v) is 10.7. The average molecular weight is 395 g/mol. The highest BCUT2D eigenvalue weighted by Gasteiger charge is 2.77. The molecule has 0 aromatic rings. The summed E-state index contributed by atoms with van der Waals surface area (Å²) in [6.45, 7) is 7.37. The molecular weight excluding hydrogens is 360 g/mol. The fraction of sp³-hybridized carbons (Fsp3) is 0.909. The minimum Gasteiger partial charge on any atom is -0.462 e. The van der Waals surface area contributed by atoms with Crippen LogP contribution in [0.4, 0.5) is 0 Å².